The van der Waals surface area contributed by atoms with Crippen molar-refractivity contribution in [2.75, 3.05) is 6.61 Å². The Kier molecular flexibility index (Phi) is 6.91. The third-order valence-electron chi connectivity index (χ3n) is 3.57. The van der Waals surface area contributed by atoms with Gasteiger partial charge in [0.2, 0.25) is 0 Å². The maximum absolute atomic E-state index is 11.9. The molecule has 2 N–H and O–H groups in total. The highest BCUT2D eigenvalue weighted by Crippen LogP contribution is 2.15. The predicted octanol–water partition coefficient (Wildman–Crippen LogP) is 3.19. The van der Waals surface area contributed by atoms with E-state index in [9.17, 15) is 14.4 Å². The van der Waals surface area contributed by atoms with Gasteiger partial charge in [-0.1, -0.05) is 41.9 Å². The lowest BCUT2D eigenvalue weighted by Gasteiger charge is -2.09. The topological polar surface area (TPSA) is 84.5 Å². The first-order valence-electron chi connectivity index (χ1n) is 7.98. The molecule has 26 heavy (non-hydrogen) atoms. The van der Waals surface area contributed by atoms with E-state index >= 15 is 0 Å². The molecule has 0 atom stereocenters. The van der Waals surface area contributed by atoms with Gasteiger partial charge in [-0.25, -0.2) is 4.79 Å². The summed E-state index contributed by atoms with van der Waals surface area (Å²) in [5.41, 5.74) is 6.31. The molecule has 136 valence electrons. The van der Waals surface area contributed by atoms with E-state index in [1.807, 2.05) is 12.1 Å². The minimum absolute atomic E-state index is 0.361. The molecule has 0 radical (unpaired) electrons. The molecule has 0 aliphatic carbocycles. The second kappa shape index (κ2) is 9.15. The van der Waals surface area contributed by atoms with Crippen LogP contribution in [0.2, 0.25) is 0 Å². The minimum Gasteiger partial charge on any atom is -0.452 e. The first kappa shape index (κ1) is 19.7. The summed E-state index contributed by atoms with van der Waals surface area (Å²) in [6.45, 7) is 3.62. The Bertz CT molecular complexity index is 786. The Balaban J connectivity index is 1.78. The summed E-state index contributed by atoms with van der Waals surface area (Å²) in [6.07, 6.45) is 0. The molecule has 2 rings (SSSR count). The van der Waals surface area contributed by atoms with Crippen LogP contribution in [0.5, 0.6) is 0 Å². The lowest BCUT2D eigenvalue weighted by atomic mass is 10.0. The van der Waals surface area contributed by atoms with Crippen LogP contribution in [-0.2, 0) is 9.53 Å². The Morgan fingerprint density at radius 2 is 1.50 bits per heavy atom. The number of amides is 2. The molecule has 0 unspecified atom stereocenters. The predicted molar refractivity (Wildman–Crippen MR) is 101 cm³/mol. The van der Waals surface area contributed by atoms with Crippen molar-refractivity contribution in [2.24, 2.45) is 0 Å². The molecule has 0 heterocycles. The summed E-state index contributed by atoms with van der Waals surface area (Å²) < 4.78 is 5.77. The largest absolute Gasteiger partial charge is 0.452 e. The van der Waals surface area contributed by atoms with Gasteiger partial charge in [0, 0.05) is 10.0 Å². The number of esters is 1. The smallest absolute Gasteiger partial charge is 0.338 e. The number of nitrogens with one attached hydrogen (secondary N) is 2. The zero-order valence-corrected chi connectivity index (χ0v) is 16.0. The summed E-state index contributed by atoms with van der Waals surface area (Å²) in [5.74, 6) is -1.35. The highest BCUT2D eigenvalue weighted by molar-refractivity contribution is 9.10. The van der Waals surface area contributed by atoms with Crippen molar-refractivity contribution in [3.05, 3.63) is 69.7 Å². The number of hydrogen-bond donors (Lipinski definition) is 2. The van der Waals surface area contributed by atoms with E-state index < -0.39 is 24.4 Å². The van der Waals surface area contributed by atoms with Crippen LogP contribution in [0.3, 0.4) is 0 Å². The quantitative estimate of drug-likeness (QED) is 0.576. The summed E-state index contributed by atoms with van der Waals surface area (Å²) in [5, 5.41) is 0. The van der Waals surface area contributed by atoms with Crippen molar-refractivity contribution in [3.63, 3.8) is 0 Å². The molecule has 0 saturated heterocycles. The standard InChI is InChI=1S/C19H19BrN2O4/c1-12(2)13-3-5-15(6-4-13)19(25)26-11-17(23)21-22-18(24)14-7-9-16(20)10-8-14/h3-10,12H,11H2,1-2H3,(H,21,23)(H,22,24). The highest BCUT2D eigenvalue weighted by Gasteiger charge is 2.12. The van der Waals surface area contributed by atoms with Crippen molar-refractivity contribution >= 4 is 33.7 Å². The number of benzene rings is 2. The molecule has 2 amide bonds. The average Bonchev–Trinajstić information content (AvgIpc) is 2.64. The van der Waals surface area contributed by atoms with Crippen molar-refractivity contribution < 1.29 is 19.1 Å². The Morgan fingerprint density at radius 3 is 2.08 bits per heavy atom. The van der Waals surface area contributed by atoms with Gasteiger partial charge in [0.1, 0.15) is 0 Å². The van der Waals surface area contributed by atoms with Gasteiger partial charge < -0.3 is 4.74 Å². The highest BCUT2D eigenvalue weighted by atomic mass is 79.9. The molecular formula is C19H19BrN2O4. The molecular weight excluding hydrogens is 400 g/mol. The van der Waals surface area contributed by atoms with E-state index in [2.05, 4.69) is 40.6 Å². The number of hydrazine groups is 1. The molecule has 0 aliphatic rings. The normalized spacial score (nSPS) is 10.3. The number of rotatable bonds is 5. The maximum atomic E-state index is 11.9. The fourth-order valence-corrected chi connectivity index (χ4v) is 2.32. The van der Waals surface area contributed by atoms with Crippen LogP contribution in [0, 0.1) is 0 Å². The number of hydrogen-bond acceptors (Lipinski definition) is 4. The lowest BCUT2D eigenvalue weighted by molar-refractivity contribution is -0.125. The van der Waals surface area contributed by atoms with Gasteiger partial charge in [0.05, 0.1) is 5.56 Å². The molecule has 2 aromatic rings. The first-order valence-corrected chi connectivity index (χ1v) is 8.78. The summed E-state index contributed by atoms with van der Waals surface area (Å²) >= 11 is 3.27. The number of halogens is 1. The third-order valence-corrected chi connectivity index (χ3v) is 4.10. The zero-order valence-electron chi connectivity index (χ0n) is 14.4. The van der Waals surface area contributed by atoms with Gasteiger partial charge in [0.15, 0.2) is 6.61 Å². The molecule has 0 spiro atoms. The van der Waals surface area contributed by atoms with E-state index in [-0.39, 0.29) is 0 Å². The van der Waals surface area contributed by atoms with E-state index in [0.29, 0.717) is 17.0 Å². The van der Waals surface area contributed by atoms with E-state index in [4.69, 9.17) is 4.74 Å². The van der Waals surface area contributed by atoms with Crippen LogP contribution in [0.1, 0.15) is 46.0 Å². The van der Waals surface area contributed by atoms with E-state index in [0.717, 1.165) is 10.0 Å². The van der Waals surface area contributed by atoms with Crippen LogP contribution in [0.15, 0.2) is 53.0 Å². The van der Waals surface area contributed by atoms with Crippen LogP contribution >= 0.6 is 15.9 Å². The monoisotopic (exact) mass is 418 g/mol. The lowest BCUT2D eigenvalue weighted by Crippen LogP contribution is -2.43. The van der Waals surface area contributed by atoms with Gasteiger partial charge >= 0.3 is 5.97 Å². The van der Waals surface area contributed by atoms with Crippen LogP contribution in [-0.4, -0.2) is 24.4 Å². The van der Waals surface area contributed by atoms with E-state index in [1.165, 1.54) is 0 Å². The number of carbonyl (C=O) groups excluding carboxylic acids is 3. The van der Waals surface area contributed by atoms with Gasteiger partial charge in [0.25, 0.3) is 11.8 Å². The van der Waals surface area contributed by atoms with Gasteiger partial charge in [-0.2, -0.15) is 0 Å². The van der Waals surface area contributed by atoms with Crippen LogP contribution in [0.25, 0.3) is 0 Å². The molecule has 7 heteroatoms. The zero-order chi connectivity index (χ0) is 19.1. The van der Waals surface area contributed by atoms with Crippen molar-refractivity contribution in [1.29, 1.82) is 0 Å². The van der Waals surface area contributed by atoms with E-state index in [1.54, 1.807) is 36.4 Å². The molecule has 0 fully saturated rings. The van der Waals surface area contributed by atoms with Gasteiger partial charge in [-0.05, 0) is 47.9 Å². The molecule has 2 aromatic carbocycles. The van der Waals surface area contributed by atoms with Crippen molar-refractivity contribution in [1.82, 2.24) is 10.9 Å². The molecule has 0 aromatic heterocycles. The number of ether oxygens (including phenoxy) is 1. The second-order valence-corrected chi connectivity index (χ2v) is 6.78. The Labute approximate surface area is 160 Å². The van der Waals surface area contributed by atoms with Gasteiger partial charge in [-0.3, -0.25) is 20.4 Å². The minimum atomic E-state index is -0.636. The van der Waals surface area contributed by atoms with Crippen LogP contribution < -0.4 is 10.9 Å². The molecule has 0 saturated carbocycles. The first-order chi connectivity index (χ1) is 12.4. The SMILES string of the molecule is CC(C)c1ccc(C(=O)OCC(=O)NNC(=O)c2ccc(Br)cc2)cc1. The fraction of sp³-hybridized carbons (Fsp3) is 0.211. The molecule has 0 bridgehead atoms. The molecule has 0 aliphatic heterocycles. The summed E-state index contributed by atoms with van der Waals surface area (Å²) in [6, 6.07) is 13.6. The Hall–Kier alpha value is -2.67. The summed E-state index contributed by atoms with van der Waals surface area (Å²) in [7, 11) is 0. The Morgan fingerprint density at radius 1 is 0.923 bits per heavy atom. The third kappa shape index (κ3) is 5.70. The number of carbonyl (C=O) groups is 3. The average molecular weight is 419 g/mol. The maximum Gasteiger partial charge on any atom is 0.338 e. The second-order valence-electron chi connectivity index (χ2n) is 5.86. The van der Waals surface area contributed by atoms with Gasteiger partial charge in [-0.15, -0.1) is 0 Å². The van der Waals surface area contributed by atoms with Crippen molar-refractivity contribution in [3.8, 4) is 0 Å². The fourth-order valence-electron chi connectivity index (χ4n) is 2.05. The summed E-state index contributed by atoms with van der Waals surface area (Å²) in [4.78, 5) is 35.5. The van der Waals surface area contributed by atoms with Crippen LogP contribution in [0.4, 0.5) is 0 Å². The molecule has 6 nitrogen and oxygen atoms in total. The van der Waals surface area contributed by atoms with Crippen molar-refractivity contribution in [2.45, 2.75) is 19.8 Å².